The predicted octanol–water partition coefficient (Wildman–Crippen LogP) is 4.09. The largest absolute Gasteiger partial charge is 0.380 e. The van der Waals surface area contributed by atoms with Crippen LogP contribution in [0.2, 0.25) is 0 Å². The second-order valence-electron chi connectivity index (χ2n) is 4.14. The highest BCUT2D eigenvalue weighted by Gasteiger charge is 2.12. The van der Waals surface area contributed by atoms with E-state index in [1.54, 1.807) is 19.2 Å². The van der Waals surface area contributed by atoms with Gasteiger partial charge >= 0.3 is 0 Å². The summed E-state index contributed by atoms with van der Waals surface area (Å²) in [6.07, 6.45) is 0. The Morgan fingerprint density at radius 2 is 2.05 bits per heavy atom. The van der Waals surface area contributed by atoms with E-state index in [2.05, 4.69) is 5.32 Å². The van der Waals surface area contributed by atoms with Gasteiger partial charge in [0.2, 0.25) is 0 Å². The zero-order valence-electron chi connectivity index (χ0n) is 10.8. The SMILES string of the molecule is COCc1ccccc1Nc1ccc([N+](=O)[O-])c(I)c1. The molecule has 0 aliphatic carbocycles. The number of benzene rings is 2. The molecule has 20 heavy (non-hydrogen) atoms. The van der Waals surface area contributed by atoms with E-state index < -0.39 is 0 Å². The maximum Gasteiger partial charge on any atom is 0.282 e. The van der Waals surface area contributed by atoms with Gasteiger partial charge < -0.3 is 10.1 Å². The number of hydrogen-bond donors (Lipinski definition) is 1. The van der Waals surface area contributed by atoms with Gasteiger partial charge in [0.15, 0.2) is 0 Å². The molecule has 0 aliphatic heterocycles. The first-order chi connectivity index (χ1) is 9.61. The number of nitro groups is 1. The van der Waals surface area contributed by atoms with Gasteiger partial charge in [-0.3, -0.25) is 10.1 Å². The van der Waals surface area contributed by atoms with Gasteiger partial charge in [-0.25, -0.2) is 0 Å². The van der Waals surface area contributed by atoms with Crippen LogP contribution in [-0.4, -0.2) is 12.0 Å². The molecule has 0 unspecified atom stereocenters. The van der Waals surface area contributed by atoms with Gasteiger partial charge in [-0.05, 0) is 40.8 Å². The molecule has 0 amide bonds. The first kappa shape index (κ1) is 14.7. The van der Waals surface area contributed by atoms with Crippen LogP contribution in [0.5, 0.6) is 0 Å². The third kappa shape index (κ3) is 3.45. The summed E-state index contributed by atoms with van der Waals surface area (Å²) in [5, 5.41) is 14.1. The molecule has 0 bridgehead atoms. The molecule has 0 radical (unpaired) electrons. The second-order valence-corrected chi connectivity index (χ2v) is 5.30. The van der Waals surface area contributed by atoms with E-state index in [9.17, 15) is 10.1 Å². The molecule has 6 heteroatoms. The van der Waals surface area contributed by atoms with Crippen molar-refractivity contribution in [3.05, 3.63) is 61.7 Å². The van der Waals surface area contributed by atoms with Crippen LogP contribution in [0.1, 0.15) is 5.56 Å². The Bertz CT molecular complexity index is 632. The van der Waals surface area contributed by atoms with Gasteiger partial charge in [0.05, 0.1) is 15.1 Å². The van der Waals surface area contributed by atoms with Crippen LogP contribution in [0.3, 0.4) is 0 Å². The smallest absolute Gasteiger partial charge is 0.282 e. The number of para-hydroxylation sites is 1. The van der Waals surface area contributed by atoms with Crippen molar-refractivity contribution in [3.63, 3.8) is 0 Å². The molecule has 0 saturated carbocycles. The van der Waals surface area contributed by atoms with Crippen LogP contribution in [-0.2, 0) is 11.3 Å². The van der Waals surface area contributed by atoms with E-state index in [1.807, 2.05) is 46.9 Å². The minimum absolute atomic E-state index is 0.112. The molecule has 0 fully saturated rings. The van der Waals surface area contributed by atoms with Crippen molar-refractivity contribution >= 4 is 39.7 Å². The average Bonchev–Trinajstić information content (AvgIpc) is 2.41. The number of anilines is 2. The average molecular weight is 384 g/mol. The lowest BCUT2D eigenvalue weighted by atomic mass is 10.1. The van der Waals surface area contributed by atoms with E-state index in [0.29, 0.717) is 10.2 Å². The molecule has 5 nitrogen and oxygen atoms in total. The monoisotopic (exact) mass is 384 g/mol. The lowest BCUT2D eigenvalue weighted by Crippen LogP contribution is -1.98. The predicted molar refractivity (Wildman–Crippen MR) is 86.3 cm³/mol. The Labute approximate surface area is 130 Å². The number of rotatable bonds is 5. The zero-order valence-corrected chi connectivity index (χ0v) is 13.0. The number of methoxy groups -OCH3 is 1. The fraction of sp³-hybridized carbons (Fsp3) is 0.143. The molecule has 0 spiro atoms. The van der Waals surface area contributed by atoms with Crippen molar-refractivity contribution < 1.29 is 9.66 Å². The zero-order chi connectivity index (χ0) is 14.5. The number of nitrogens with zero attached hydrogens (tertiary/aromatic N) is 1. The topological polar surface area (TPSA) is 64.4 Å². The Balaban J connectivity index is 2.26. The maximum absolute atomic E-state index is 10.8. The molecule has 2 aromatic carbocycles. The normalized spacial score (nSPS) is 10.3. The lowest BCUT2D eigenvalue weighted by molar-refractivity contribution is -0.385. The third-order valence-corrected chi connectivity index (χ3v) is 3.60. The van der Waals surface area contributed by atoms with Crippen LogP contribution >= 0.6 is 22.6 Å². The Morgan fingerprint density at radius 3 is 2.70 bits per heavy atom. The van der Waals surface area contributed by atoms with Gasteiger partial charge in [-0.15, -0.1) is 0 Å². The van der Waals surface area contributed by atoms with Crippen molar-refractivity contribution in [2.75, 3.05) is 12.4 Å². The molecule has 0 aliphatic rings. The summed E-state index contributed by atoms with van der Waals surface area (Å²) >= 11 is 1.96. The third-order valence-electron chi connectivity index (χ3n) is 2.74. The Hall–Kier alpha value is -1.67. The molecule has 1 N–H and O–H groups in total. The van der Waals surface area contributed by atoms with Crippen LogP contribution in [0.25, 0.3) is 0 Å². The number of hydrogen-bond acceptors (Lipinski definition) is 4. The van der Waals surface area contributed by atoms with Crippen LogP contribution in [0, 0.1) is 13.7 Å². The van der Waals surface area contributed by atoms with E-state index in [1.165, 1.54) is 6.07 Å². The molecule has 104 valence electrons. The van der Waals surface area contributed by atoms with Crippen molar-refractivity contribution in [1.82, 2.24) is 0 Å². The van der Waals surface area contributed by atoms with Crippen molar-refractivity contribution in [1.29, 1.82) is 0 Å². The fourth-order valence-corrected chi connectivity index (χ4v) is 2.52. The lowest BCUT2D eigenvalue weighted by Gasteiger charge is -2.11. The first-order valence-corrected chi connectivity index (χ1v) is 6.97. The molecule has 0 aromatic heterocycles. The van der Waals surface area contributed by atoms with Gasteiger partial charge in [0.25, 0.3) is 5.69 Å². The minimum atomic E-state index is -0.385. The summed E-state index contributed by atoms with van der Waals surface area (Å²) in [7, 11) is 1.64. The molecule has 2 rings (SSSR count). The van der Waals surface area contributed by atoms with Crippen LogP contribution < -0.4 is 5.32 Å². The number of halogens is 1. The second kappa shape index (κ2) is 6.67. The summed E-state index contributed by atoms with van der Waals surface area (Å²) in [4.78, 5) is 10.4. The highest BCUT2D eigenvalue weighted by Crippen LogP contribution is 2.27. The number of nitro benzene ring substituents is 1. The van der Waals surface area contributed by atoms with Gasteiger partial charge in [-0.1, -0.05) is 18.2 Å². The molecule has 0 heterocycles. The highest BCUT2D eigenvalue weighted by molar-refractivity contribution is 14.1. The molecule has 2 aromatic rings. The Kier molecular flexibility index (Phi) is 4.91. The minimum Gasteiger partial charge on any atom is -0.380 e. The first-order valence-electron chi connectivity index (χ1n) is 5.89. The van der Waals surface area contributed by atoms with Crippen LogP contribution in [0.15, 0.2) is 42.5 Å². The summed E-state index contributed by atoms with van der Waals surface area (Å²) in [5.41, 5.74) is 2.88. The van der Waals surface area contributed by atoms with Crippen LogP contribution in [0.4, 0.5) is 17.1 Å². The number of nitrogens with one attached hydrogen (secondary N) is 1. The van der Waals surface area contributed by atoms with Gasteiger partial charge in [0.1, 0.15) is 0 Å². The molecule has 0 atom stereocenters. The van der Waals surface area contributed by atoms with E-state index in [-0.39, 0.29) is 10.6 Å². The number of ether oxygens (including phenoxy) is 1. The van der Waals surface area contributed by atoms with E-state index in [4.69, 9.17) is 4.74 Å². The molecular formula is C14H13IN2O3. The summed E-state index contributed by atoms with van der Waals surface area (Å²) in [6.45, 7) is 0.507. The van der Waals surface area contributed by atoms with E-state index in [0.717, 1.165) is 16.9 Å². The van der Waals surface area contributed by atoms with Crippen molar-refractivity contribution in [2.24, 2.45) is 0 Å². The molecular weight excluding hydrogens is 371 g/mol. The quantitative estimate of drug-likeness (QED) is 0.479. The molecule has 0 saturated heterocycles. The Morgan fingerprint density at radius 1 is 1.30 bits per heavy atom. The standard InChI is InChI=1S/C14H13IN2O3/c1-20-9-10-4-2-3-5-13(10)16-11-6-7-14(17(18)19)12(15)8-11/h2-8,16H,9H2,1H3. The fourth-order valence-electron chi connectivity index (χ4n) is 1.81. The highest BCUT2D eigenvalue weighted by atomic mass is 127. The summed E-state index contributed by atoms with van der Waals surface area (Å²) < 4.78 is 5.75. The van der Waals surface area contributed by atoms with Crippen molar-refractivity contribution in [3.8, 4) is 0 Å². The van der Waals surface area contributed by atoms with Gasteiger partial charge in [0, 0.05) is 30.1 Å². The van der Waals surface area contributed by atoms with E-state index >= 15 is 0 Å². The van der Waals surface area contributed by atoms with Gasteiger partial charge in [-0.2, -0.15) is 0 Å². The summed E-state index contributed by atoms with van der Waals surface area (Å²) in [6, 6.07) is 12.7. The maximum atomic E-state index is 10.8. The summed E-state index contributed by atoms with van der Waals surface area (Å²) in [5.74, 6) is 0. The van der Waals surface area contributed by atoms with Crippen molar-refractivity contribution in [2.45, 2.75) is 6.61 Å².